The van der Waals surface area contributed by atoms with Crippen molar-refractivity contribution in [2.45, 2.75) is 23.5 Å². The van der Waals surface area contributed by atoms with E-state index in [0.717, 1.165) is 18.3 Å². The van der Waals surface area contributed by atoms with E-state index in [-0.39, 0.29) is 6.42 Å². The van der Waals surface area contributed by atoms with E-state index >= 15 is 0 Å². The highest BCUT2D eigenvalue weighted by Crippen LogP contribution is 2.48. The topological polar surface area (TPSA) is 89.0 Å². The Morgan fingerprint density at radius 1 is 1.24 bits per heavy atom. The van der Waals surface area contributed by atoms with Gasteiger partial charge in [-0.05, 0) is 24.0 Å². The third kappa shape index (κ3) is 3.78. The fourth-order valence-electron chi connectivity index (χ4n) is 2.48. The lowest BCUT2D eigenvalue weighted by Gasteiger charge is -2.09. The Balaban J connectivity index is 1.71. The molecule has 132 valence electrons. The standard InChI is InChI=1S/C15H12F3N3O3S/c16-15(17,18)10-3-1-2-9(6-10)11-7-12(11)14(22)21-25(23,24)13-8-19-4-5-20-13/h1-6,8,11-12H,7H2,(H,21,22)/t11-,12+/m1/s1. The minimum atomic E-state index is -4.47. The third-order valence-electron chi connectivity index (χ3n) is 3.82. The zero-order valence-electron chi connectivity index (χ0n) is 12.6. The molecule has 0 radical (unpaired) electrons. The second-order valence-electron chi connectivity index (χ2n) is 5.59. The molecule has 1 saturated carbocycles. The van der Waals surface area contributed by atoms with Crippen molar-refractivity contribution in [3.05, 3.63) is 54.0 Å². The molecule has 1 fully saturated rings. The Bertz CT molecular complexity index is 901. The lowest BCUT2D eigenvalue weighted by atomic mass is 10.1. The van der Waals surface area contributed by atoms with Crippen LogP contribution in [0.15, 0.2) is 47.9 Å². The summed E-state index contributed by atoms with van der Waals surface area (Å²) in [5.74, 6) is -1.91. The molecule has 0 unspecified atom stereocenters. The summed E-state index contributed by atoms with van der Waals surface area (Å²) >= 11 is 0. The summed E-state index contributed by atoms with van der Waals surface area (Å²) in [7, 11) is -4.15. The number of nitrogens with one attached hydrogen (secondary N) is 1. The van der Waals surface area contributed by atoms with Crippen LogP contribution in [0.2, 0.25) is 0 Å². The minimum absolute atomic E-state index is 0.281. The largest absolute Gasteiger partial charge is 0.416 e. The third-order valence-corrected chi connectivity index (χ3v) is 5.05. The molecule has 1 aliphatic rings. The number of benzene rings is 1. The van der Waals surface area contributed by atoms with Crippen LogP contribution in [0.4, 0.5) is 13.2 Å². The zero-order chi connectivity index (χ0) is 18.2. The first-order chi connectivity index (χ1) is 11.7. The molecule has 10 heteroatoms. The van der Waals surface area contributed by atoms with E-state index in [1.54, 1.807) is 0 Å². The first-order valence-electron chi connectivity index (χ1n) is 7.18. The summed E-state index contributed by atoms with van der Waals surface area (Å²) < 4.78 is 64.2. The normalized spacial score (nSPS) is 20.1. The van der Waals surface area contributed by atoms with Crippen LogP contribution in [-0.4, -0.2) is 24.3 Å². The second kappa shape index (κ2) is 6.10. The maximum Gasteiger partial charge on any atom is 0.416 e. The van der Waals surface area contributed by atoms with Crippen LogP contribution in [0.5, 0.6) is 0 Å². The van der Waals surface area contributed by atoms with Gasteiger partial charge in [-0.2, -0.15) is 21.6 Å². The molecule has 3 rings (SSSR count). The average Bonchev–Trinajstić information content (AvgIpc) is 3.35. The molecule has 25 heavy (non-hydrogen) atoms. The average molecular weight is 371 g/mol. The molecule has 0 spiro atoms. The van der Waals surface area contributed by atoms with Gasteiger partial charge >= 0.3 is 6.18 Å². The van der Waals surface area contributed by atoms with Gasteiger partial charge in [-0.25, -0.2) is 9.71 Å². The number of aromatic nitrogens is 2. The molecule has 0 aliphatic heterocycles. The summed E-state index contributed by atoms with van der Waals surface area (Å²) in [6, 6.07) is 4.68. The lowest BCUT2D eigenvalue weighted by Crippen LogP contribution is -2.32. The van der Waals surface area contributed by atoms with Crippen molar-refractivity contribution in [3.8, 4) is 0 Å². The summed E-state index contributed by atoms with van der Waals surface area (Å²) in [6.45, 7) is 0. The lowest BCUT2D eigenvalue weighted by molar-refractivity contribution is -0.137. The van der Waals surface area contributed by atoms with Gasteiger partial charge in [0.25, 0.3) is 10.0 Å². The van der Waals surface area contributed by atoms with Crippen molar-refractivity contribution < 1.29 is 26.4 Å². The van der Waals surface area contributed by atoms with E-state index in [1.807, 2.05) is 4.72 Å². The molecule has 0 saturated heterocycles. The summed E-state index contributed by atoms with van der Waals surface area (Å²) in [5, 5.41) is -0.403. The Kier molecular flexibility index (Phi) is 4.23. The highest BCUT2D eigenvalue weighted by Gasteiger charge is 2.46. The van der Waals surface area contributed by atoms with E-state index in [2.05, 4.69) is 9.97 Å². The predicted octanol–water partition coefficient (Wildman–Crippen LogP) is 2.10. The van der Waals surface area contributed by atoms with E-state index in [4.69, 9.17) is 0 Å². The van der Waals surface area contributed by atoms with Gasteiger partial charge in [0.2, 0.25) is 5.91 Å². The number of halogens is 3. The molecule has 1 aromatic carbocycles. The van der Waals surface area contributed by atoms with Crippen LogP contribution < -0.4 is 4.72 Å². The summed E-state index contributed by atoms with van der Waals surface area (Å²) in [5.41, 5.74) is -0.449. The van der Waals surface area contributed by atoms with Crippen molar-refractivity contribution in [1.82, 2.24) is 14.7 Å². The Hall–Kier alpha value is -2.49. The fraction of sp³-hybridized carbons (Fsp3) is 0.267. The van der Waals surface area contributed by atoms with Gasteiger partial charge in [0.15, 0.2) is 5.03 Å². The van der Waals surface area contributed by atoms with Crippen LogP contribution in [0.1, 0.15) is 23.5 Å². The second-order valence-corrected chi connectivity index (χ2v) is 7.21. The molecule has 2 aromatic rings. The number of alkyl halides is 3. The molecule has 1 heterocycles. The summed E-state index contributed by atoms with van der Waals surface area (Å²) in [4.78, 5) is 19.3. The van der Waals surface area contributed by atoms with Gasteiger partial charge in [0.05, 0.1) is 11.8 Å². The van der Waals surface area contributed by atoms with Crippen LogP contribution in [0.3, 0.4) is 0 Å². The van der Waals surface area contributed by atoms with E-state index in [0.29, 0.717) is 5.56 Å². The van der Waals surface area contributed by atoms with Gasteiger partial charge in [-0.15, -0.1) is 0 Å². The molecule has 0 bridgehead atoms. The SMILES string of the molecule is O=C(NS(=O)(=O)c1cnccn1)[C@H]1C[C@@H]1c1cccc(C(F)(F)F)c1. The number of carbonyl (C=O) groups excluding carboxylic acids is 1. The molecule has 2 atom stereocenters. The first-order valence-corrected chi connectivity index (χ1v) is 8.66. The van der Waals surface area contributed by atoms with Crippen LogP contribution in [-0.2, 0) is 21.0 Å². The Morgan fingerprint density at radius 3 is 2.64 bits per heavy atom. The quantitative estimate of drug-likeness (QED) is 0.889. The van der Waals surface area contributed by atoms with Gasteiger partial charge in [0.1, 0.15) is 0 Å². The maximum atomic E-state index is 12.7. The zero-order valence-corrected chi connectivity index (χ0v) is 13.4. The van der Waals surface area contributed by atoms with Crippen LogP contribution in [0, 0.1) is 5.92 Å². The first kappa shape index (κ1) is 17.3. The smallest absolute Gasteiger partial charge is 0.274 e. The van der Waals surface area contributed by atoms with Gasteiger partial charge in [-0.1, -0.05) is 18.2 Å². The fourth-order valence-corrected chi connectivity index (χ4v) is 3.40. The van der Waals surface area contributed by atoms with Crippen LogP contribution >= 0.6 is 0 Å². The molecular weight excluding hydrogens is 359 g/mol. The van der Waals surface area contributed by atoms with Crippen LogP contribution in [0.25, 0.3) is 0 Å². The van der Waals surface area contributed by atoms with Crippen molar-refractivity contribution in [2.75, 3.05) is 0 Å². The molecule has 1 aromatic heterocycles. The number of rotatable bonds is 4. The molecule has 1 N–H and O–H groups in total. The highest BCUT2D eigenvalue weighted by atomic mass is 32.2. The van der Waals surface area contributed by atoms with E-state index in [1.165, 1.54) is 24.5 Å². The summed E-state index contributed by atoms with van der Waals surface area (Å²) in [6.07, 6.45) is -0.749. The van der Waals surface area contributed by atoms with E-state index in [9.17, 15) is 26.4 Å². The minimum Gasteiger partial charge on any atom is -0.274 e. The van der Waals surface area contributed by atoms with Crippen molar-refractivity contribution in [2.24, 2.45) is 5.92 Å². The van der Waals surface area contributed by atoms with Gasteiger partial charge in [-0.3, -0.25) is 9.78 Å². The highest BCUT2D eigenvalue weighted by molar-refractivity contribution is 7.90. The van der Waals surface area contributed by atoms with Gasteiger partial charge in [0, 0.05) is 18.3 Å². The number of hydrogen-bond acceptors (Lipinski definition) is 5. The number of carbonyl (C=O) groups is 1. The Labute approximate surface area is 141 Å². The number of nitrogens with zero attached hydrogens (tertiary/aromatic N) is 2. The van der Waals surface area contributed by atoms with Crippen molar-refractivity contribution in [1.29, 1.82) is 0 Å². The number of sulfonamides is 1. The number of hydrogen-bond donors (Lipinski definition) is 1. The molecule has 1 aliphatic carbocycles. The molecular formula is C15H12F3N3O3S. The van der Waals surface area contributed by atoms with Crippen molar-refractivity contribution in [3.63, 3.8) is 0 Å². The molecule has 6 nitrogen and oxygen atoms in total. The predicted molar refractivity (Wildman–Crippen MR) is 79.7 cm³/mol. The monoisotopic (exact) mass is 371 g/mol. The van der Waals surface area contributed by atoms with Gasteiger partial charge < -0.3 is 0 Å². The maximum absolute atomic E-state index is 12.7. The molecule has 1 amide bonds. The Morgan fingerprint density at radius 2 is 2.00 bits per heavy atom. The van der Waals surface area contributed by atoms with Crippen molar-refractivity contribution >= 4 is 15.9 Å². The van der Waals surface area contributed by atoms with E-state index < -0.39 is 44.5 Å². The number of amides is 1.